The quantitative estimate of drug-likeness (QED) is 0.544. The molecule has 3 heterocycles. The van der Waals surface area contributed by atoms with Crippen LogP contribution in [0.2, 0.25) is 0 Å². The van der Waals surface area contributed by atoms with Crippen molar-refractivity contribution in [2.24, 2.45) is 0 Å². The molecule has 1 aromatic heterocycles. The van der Waals surface area contributed by atoms with E-state index in [1.54, 1.807) is 11.0 Å². The van der Waals surface area contributed by atoms with Gasteiger partial charge in [0.2, 0.25) is 5.91 Å². The van der Waals surface area contributed by atoms with Crippen molar-refractivity contribution in [2.75, 3.05) is 19.7 Å². The lowest BCUT2D eigenvalue weighted by molar-refractivity contribution is -0.128. The Kier molecular flexibility index (Phi) is 7.13. The van der Waals surface area contributed by atoms with Gasteiger partial charge in [-0.1, -0.05) is 54.6 Å². The minimum atomic E-state index is -0.941. The zero-order valence-corrected chi connectivity index (χ0v) is 21.9. The maximum Gasteiger partial charge on any atom is 0.263 e. The van der Waals surface area contributed by atoms with Crippen LogP contribution in [0.3, 0.4) is 0 Å². The van der Waals surface area contributed by atoms with E-state index < -0.39 is 11.8 Å². The summed E-state index contributed by atoms with van der Waals surface area (Å²) < 4.78 is 6.33. The Labute approximate surface area is 221 Å². The van der Waals surface area contributed by atoms with Gasteiger partial charge in [0.25, 0.3) is 11.8 Å². The lowest BCUT2D eigenvalue weighted by atomic mass is 9.95. The van der Waals surface area contributed by atoms with Crippen LogP contribution in [0.25, 0.3) is 0 Å². The second-order valence-corrected chi connectivity index (χ2v) is 10.6. The summed E-state index contributed by atoms with van der Waals surface area (Å²) in [4.78, 5) is 44.6. The summed E-state index contributed by atoms with van der Waals surface area (Å²) in [6, 6.07) is 19.9. The van der Waals surface area contributed by atoms with Crippen LogP contribution in [0.1, 0.15) is 57.0 Å². The van der Waals surface area contributed by atoms with Crippen LogP contribution in [-0.2, 0) is 9.53 Å². The molecule has 8 heteroatoms. The molecule has 5 rings (SSSR count). The molecule has 37 heavy (non-hydrogen) atoms. The summed E-state index contributed by atoms with van der Waals surface area (Å²) in [7, 11) is 0. The van der Waals surface area contributed by atoms with E-state index in [4.69, 9.17) is 4.74 Å². The van der Waals surface area contributed by atoms with Crippen molar-refractivity contribution in [3.05, 3.63) is 93.7 Å². The van der Waals surface area contributed by atoms with Gasteiger partial charge in [-0.15, -0.1) is 11.3 Å². The second kappa shape index (κ2) is 10.5. The highest BCUT2D eigenvalue weighted by atomic mass is 32.1. The van der Waals surface area contributed by atoms with E-state index in [1.165, 1.54) is 11.3 Å². The molecule has 2 atom stereocenters. The molecule has 1 N–H and O–H groups in total. The number of nitrogens with zero attached hydrogens (tertiary/aromatic N) is 2. The molecule has 2 aromatic carbocycles. The standard InChI is InChI=1S/C29H31N3O4S/c1-20-9-6-7-12-23(20)27(34)32-24(26(33)30-21(2)22-10-4-3-5-11-22)19-36-29(32)14-16-31(17-15-29)28(35)25-13-8-18-37-25/h3-13,18,21,24H,14-17,19H2,1-2H3,(H,30,33)/t21-,24-/m0/s1. The molecule has 2 saturated heterocycles. The first-order valence-corrected chi connectivity index (χ1v) is 13.5. The van der Waals surface area contributed by atoms with Crippen LogP contribution >= 0.6 is 11.3 Å². The number of hydrogen-bond acceptors (Lipinski definition) is 5. The van der Waals surface area contributed by atoms with Gasteiger partial charge in [-0.25, -0.2) is 0 Å². The van der Waals surface area contributed by atoms with E-state index in [0.29, 0.717) is 36.4 Å². The fourth-order valence-electron chi connectivity index (χ4n) is 5.26. The van der Waals surface area contributed by atoms with Crippen molar-refractivity contribution in [3.63, 3.8) is 0 Å². The van der Waals surface area contributed by atoms with Crippen LogP contribution < -0.4 is 5.32 Å². The smallest absolute Gasteiger partial charge is 0.263 e. The van der Waals surface area contributed by atoms with Crippen LogP contribution in [0, 0.1) is 6.92 Å². The van der Waals surface area contributed by atoms with Gasteiger partial charge in [-0.05, 0) is 42.5 Å². The maximum absolute atomic E-state index is 14.0. The highest BCUT2D eigenvalue weighted by molar-refractivity contribution is 7.12. The third-order valence-corrected chi connectivity index (χ3v) is 8.24. The van der Waals surface area contributed by atoms with Crippen molar-refractivity contribution in [2.45, 2.75) is 44.5 Å². The van der Waals surface area contributed by atoms with Crippen molar-refractivity contribution in [3.8, 4) is 0 Å². The van der Waals surface area contributed by atoms with Gasteiger partial charge in [0.1, 0.15) is 11.8 Å². The lowest BCUT2D eigenvalue weighted by Crippen LogP contribution is -2.60. The molecular weight excluding hydrogens is 486 g/mol. The first-order valence-electron chi connectivity index (χ1n) is 12.6. The van der Waals surface area contributed by atoms with Crippen molar-refractivity contribution < 1.29 is 19.1 Å². The first kappa shape index (κ1) is 25.2. The number of benzene rings is 2. The number of amides is 3. The molecule has 3 aromatic rings. The normalized spacial score (nSPS) is 19.6. The zero-order chi connectivity index (χ0) is 26.0. The Balaban J connectivity index is 1.40. The van der Waals surface area contributed by atoms with Crippen LogP contribution in [-0.4, -0.2) is 59.0 Å². The number of hydrogen-bond donors (Lipinski definition) is 1. The van der Waals surface area contributed by atoms with Gasteiger partial charge in [0.15, 0.2) is 0 Å². The summed E-state index contributed by atoms with van der Waals surface area (Å²) in [6.07, 6.45) is 0.888. The number of nitrogens with one attached hydrogen (secondary N) is 1. The molecule has 192 valence electrons. The molecule has 2 fully saturated rings. The van der Waals surface area contributed by atoms with Gasteiger partial charge < -0.3 is 15.0 Å². The first-order chi connectivity index (χ1) is 17.9. The number of thiophene rings is 1. The fourth-order valence-corrected chi connectivity index (χ4v) is 5.95. The molecule has 0 aliphatic carbocycles. The van der Waals surface area contributed by atoms with E-state index >= 15 is 0 Å². The maximum atomic E-state index is 14.0. The number of rotatable bonds is 5. The average Bonchev–Trinajstić information content (AvgIpc) is 3.58. The van der Waals surface area contributed by atoms with Crippen LogP contribution in [0.15, 0.2) is 72.1 Å². The predicted molar refractivity (Wildman–Crippen MR) is 142 cm³/mol. The summed E-state index contributed by atoms with van der Waals surface area (Å²) in [5.74, 6) is -0.473. The minimum absolute atomic E-state index is 0.00870. The zero-order valence-electron chi connectivity index (χ0n) is 21.1. The van der Waals surface area contributed by atoms with Gasteiger partial charge in [0, 0.05) is 31.5 Å². The van der Waals surface area contributed by atoms with E-state index in [1.807, 2.05) is 84.8 Å². The summed E-state index contributed by atoms with van der Waals surface area (Å²) in [6.45, 7) is 4.84. The predicted octanol–water partition coefficient (Wildman–Crippen LogP) is 4.41. The summed E-state index contributed by atoms with van der Waals surface area (Å²) in [5.41, 5.74) is 1.44. The van der Waals surface area contributed by atoms with Crippen LogP contribution in [0.4, 0.5) is 0 Å². The fraction of sp³-hybridized carbons (Fsp3) is 0.345. The van der Waals surface area contributed by atoms with Crippen molar-refractivity contribution in [1.82, 2.24) is 15.1 Å². The number of carbonyl (C=O) groups is 3. The van der Waals surface area contributed by atoms with Gasteiger partial charge >= 0.3 is 0 Å². The molecule has 2 aliphatic rings. The van der Waals surface area contributed by atoms with Gasteiger partial charge in [-0.2, -0.15) is 0 Å². The number of aryl methyl sites for hydroxylation is 1. The Hall–Kier alpha value is -3.49. The Morgan fingerprint density at radius 3 is 2.35 bits per heavy atom. The van der Waals surface area contributed by atoms with E-state index in [-0.39, 0.29) is 30.4 Å². The lowest BCUT2D eigenvalue weighted by Gasteiger charge is -2.44. The molecule has 0 radical (unpaired) electrons. The number of likely N-dealkylation sites (tertiary alicyclic amines) is 1. The monoisotopic (exact) mass is 517 g/mol. The molecule has 7 nitrogen and oxygen atoms in total. The van der Waals surface area contributed by atoms with Crippen LogP contribution in [0.5, 0.6) is 0 Å². The number of piperidine rings is 1. The van der Waals surface area contributed by atoms with E-state index in [0.717, 1.165) is 11.1 Å². The van der Waals surface area contributed by atoms with Gasteiger partial charge in [0.05, 0.1) is 17.5 Å². The third-order valence-electron chi connectivity index (χ3n) is 7.38. The molecular formula is C29H31N3O4S. The molecule has 0 saturated carbocycles. The molecule has 0 bridgehead atoms. The largest absolute Gasteiger partial charge is 0.353 e. The third kappa shape index (κ3) is 4.91. The average molecular weight is 518 g/mol. The number of carbonyl (C=O) groups excluding carboxylic acids is 3. The SMILES string of the molecule is Cc1ccccc1C(=O)N1[C@H](C(=O)N[C@@H](C)c2ccccc2)COC12CCN(C(=O)c1cccs1)CC2. The number of ether oxygens (including phenoxy) is 1. The van der Waals surface area contributed by atoms with Gasteiger partial charge in [-0.3, -0.25) is 19.3 Å². The summed E-state index contributed by atoms with van der Waals surface area (Å²) >= 11 is 1.42. The highest BCUT2D eigenvalue weighted by Gasteiger charge is 2.54. The molecule has 2 aliphatic heterocycles. The van der Waals surface area contributed by atoms with E-state index in [2.05, 4.69) is 5.32 Å². The Morgan fingerprint density at radius 2 is 1.68 bits per heavy atom. The second-order valence-electron chi connectivity index (χ2n) is 9.67. The highest BCUT2D eigenvalue weighted by Crippen LogP contribution is 2.39. The summed E-state index contributed by atoms with van der Waals surface area (Å²) in [5, 5.41) is 4.97. The Bertz CT molecular complexity index is 1270. The minimum Gasteiger partial charge on any atom is -0.353 e. The molecule has 1 spiro atoms. The molecule has 3 amide bonds. The van der Waals surface area contributed by atoms with Crippen molar-refractivity contribution >= 4 is 29.1 Å². The molecule has 0 unspecified atom stereocenters. The topological polar surface area (TPSA) is 79.0 Å². The van der Waals surface area contributed by atoms with Crippen molar-refractivity contribution in [1.29, 1.82) is 0 Å². The Morgan fingerprint density at radius 1 is 0.973 bits per heavy atom. The van der Waals surface area contributed by atoms with E-state index in [9.17, 15) is 14.4 Å².